The highest BCUT2D eigenvalue weighted by Gasteiger charge is 2.24. The van der Waals surface area contributed by atoms with Gasteiger partial charge in [-0.3, -0.25) is 4.79 Å². The number of benzene rings is 3. The van der Waals surface area contributed by atoms with Gasteiger partial charge in [-0.25, -0.2) is 13.6 Å². The van der Waals surface area contributed by atoms with E-state index in [0.29, 0.717) is 6.07 Å². The van der Waals surface area contributed by atoms with Crippen molar-refractivity contribution in [1.29, 1.82) is 0 Å². The van der Waals surface area contributed by atoms with E-state index >= 15 is 0 Å². The second kappa shape index (κ2) is 9.95. The van der Waals surface area contributed by atoms with Gasteiger partial charge in [0.1, 0.15) is 24.3 Å². The van der Waals surface area contributed by atoms with Crippen molar-refractivity contribution in [2.24, 2.45) is 0 Å². The lowest BCUT2D eigenvalue weighted by Crippen LogP contribution is -2.45. The number of hydrogen-bond donors (Lipinski definition) is 3. The zero-order valence-corrected chi connectivity index (χ0v) is 17.5. The van der Waals surface area contributed by atoms with E-state index in [4.69, 9.17) is 4.74 Å². The fraction of sp³-hybridized carbons (Fsp3) is 0.120. The smallest absolute Gasteiger partial charge is 0.408 e. The number of aromatic nitrogens is 1. The number of hydrogen-bond acceptors (Lipinski definition) is 3. The first-order chi connectivity index (χ1) is 16.0. The molecule has 0 aliphatic heterocycles. The minimum Gasteiger partial charge on any atom is -0.445 e. The third kappa shape index (κ3) is 5.54. The Hall–Kier alpha value is -4.20. The van der Waals surface area contributed by atoms with E-state index in [-0.39, 0.29) is 18.7 Å². The lowest BCUT2D eigenvalue weighted by Gasteiger charge is -2.18. The van der Waals surface area contributed by atoms with Crippen LogP contribution in [0, 0.1) is 11.6 Å². The van der Waals surface area contributed by atoms with Crippen LogP contribution in [-0.4, -0.2) is 23.0 Å². The first kappa shape index (κ1) is 22.0. The number of H-pyrrole nitrogens is 1. The topological polar surface area (TPSA) is 83.2 Å². The molecule has 0 unspecified atom stereocenters. The quantitative estimate of drug-likeness (QED) is 0.374. The molecule has 3 N–H and O–H groups in total. The lowest BCUT2D eigenvalue weighted by atomic mass is 10.0. The minimum atomic E-state index is -1.07. The molecular weight excluding hydrogens is 428 g/mol. The molecule has 168 valence electrons. The van der Waals surface area contributed by atoms with Crippen LogP contribution in [-0.2, 0) is 22.6 Å². The molecule has 8 heteroatoms. The first-order valence-corrected chi connectivity index (χ1v) is 10.3. The molecule has 0 aliphatic rings. The van der Waals surface area contributed by atoms with Crippen LogP contribution in [0.4, 0.5) is 19.3 Å². The van der Waals surface area contributed by atoms with Gasteiger partial charge in [-0.05, 0) is 29.3 Å². The summed E-state index contributed by atoms with van der Waals surface area (Å²) >= 11 is 0. The maximum atomic E-state index is 14.1. The highest BCUT2D eigenvalue weighted by atomic mass is 19.1. The maximum absolute atomic E-state index is 14.1. The SMILES string of the molecule is O=C(N[C@@H](Cc1c[nH]c2ccccc12)C(=O)Nc1ccc(F)cc1F)OCc1ccccc1. The van der Waals surface area contributed by atoms with Crippen molar-refractivity contribution in [2.45, 2.75) is 19.1 Å². The molecule has 1 atom stereocenters. The Morgan fingerprint density at radius 2 is 1.73 bits per heavy atom. The Kier molecular flexibility index (Phi) is 6.64. The Balaban J connectivity index is 1.51. The van der Waals surface area contributed by atoms with E-state index in [9.17, 15) is 18.4 Å². The van der Waals surface area contributed by atoms with Crippen molar-refractivity contribution in [3.63, 3.8) is 0 Å². The highest BCUT2D eigenvalue weighted by Crippen LogP contribution is 2.20. The molecule has 4 rings (SSSR count). The summed E-state index contributed by atoms with van der Waals surface area (Å²) in [4.78, 5) is 28.5. The number of halogens is 2. The summed E-state index contributed by atoms with van der Waals surface area (Å²) in [5.74, 6) is -2.34. The number of carbonyl (C=O) groups excluding carboxylic acids is 2. The third-order valence-electron chi connectivity index (χ3n) is 5.11. The van der Waals surface area contributed by atoms with Gasteiger partial charge in [0.25, 0.3) is 0 Å². The maximum Gasteiger partial charge on any atom is 0.408 e. The molecule has 1 aromatic heterocycles. The summed E-state index contributed by atoms with van der Waals surface area (Å²) in [5.41, 5.74) is 2.26. The third-order valence-corrected chi connectivity index (χ3v) is 5.11. The molecule has 3 aromatic carbocycles. The summed E-state index contributed by atoms with van der Waals surface area (Å²) in [5, 5.41) is 5.86. The van der Waals surface area contributed by atoms with Gasteiger partial charge in [0.15, 0.2) is 0 Å². The first-order valence-electron chi connectivity index (χ1n) is 10.3. The molecule has 0 saturated carbocycles. The lowest BCUT2D eigenvalue weighted by molar-refractivity contribution is -0.118. The van der Waals surface area contributed by atoms with Crippen LogP contribution < -0.4 is 10.6 Å². The van der Waals surface area contributed by atoms with Crippen LogP contribution in [0.1, 0.15) is 11.1 Å². The van der Waals surface area contributed by atoms with Gasteiger partial charge in [0.2, 0.25) is 5.91 Å². The largest absolute Gasteiger partial charge is 0.445 e. The number of nitrogens with one attached hydrogen (secondary N) is 3. The Bertz CT molecular complexity index is 1270. The van der Waals surface area contributed by atoms with Gasteiger partial charge in [-0.15, -0.1) is 0 Å². The van der Waals surface area contributed by atoms with Gasteiger partial charge in [0.05, 0.1) is 5.69 Å². The zero-order valence-electron chi connectivity index (χ0n) is 17.5. The average Bonchev–Trinajstić information content (AvgIpc) is 3.22. The molecule has 6 nitrogen and oxygen atoms in total. The number of aromatic amines is 1. The molecule has 0 radical (unpaired) electrons. The van der Waals surface area contributed by atoms with Crippen LogP contribution in [0.3, 0.4) is 0 Å². The molecule has 0 fully saturated rings. The van der Waals surface area contributed by atoms with Crippen LogP contribution >= 0.6 is 0 Å². The van der Waals surface area contributed by atoms with E-state index < -0.39 is 29.7 Å². The van der Waals surface area contributed by atoms with E-state index in [1.165, 1.54) is 0 Å². The summed E-state index contributed by atoms with van der Waals surface area (Å²) < 4.78 is 32.5. The number of fused-ring (bicyclic) bond motifs is 1. The molecular formula is C25H21F2N3O3. The van der Waals surface area contributed by atoms with Crippen molar-refractivity contribution in [3.8, 4) is 0 Å². The monoisotopic (exact) mass is 449 g/mol. The van der Waals surface area contributed by atoms with E-state index in [1.54, 1.807) is 18.3 Å². The summed E-state index contributed by atoms with van der Waals surface area (Å²) in [6.45, 7) is 0.0285. The molecule has 1 heterocycles. The van der Waals surface area contributed by atoms with Crippen LogP contribution in [0.2, 0.25) is 0 Å². The van der Waals surface area contributed by atoms with Gasteiger partial charge in [0, 0.05) is 29.6 Å². The van der Waals surface area contributed by atoms with Gasteiger partial charge in [-0.2, -0.15) is 0 Å². The van der Waals surface area contributed by atoms with Gasteiger partial charge in [-0.1, -0.05) is 48.5 Å². The number of alkyl carbamates (subject to hydrolysis) is 1. The minimum absolute atomic E-state index is 0.0285. The van der Waals surface area contributed by atoms with Crippen molar-refractivity contribution >= 4 is 28.6 Å². The van der Waals surface area contributed by atoms with Crippen LogP contribution in [0.5, 0.6) is 0 Å². The fourth-order valence-corrected chi connectivity index (χ4v) is 3.45. The van der Waals surface area contributed by atoms with Gasteiger partial charge >= 0.3 is 6.09 Å². The number of ether oxygens (including phenoxy) is 1. The van der Waals surface area contributed by atoms with Crippen molar-refractivity contribution in [2.75, 3.05) is 5.32 Å². The Labute approximate surface area is 188 Å². The zero-order chi connectivity index (χ0) is 23.2. The van der Waals surface area contributed by atoms with Crippen LogP contribution in [0.25, 0.3) is 10.9 Å². The number of para-hydroxylation sites is 1. The molecule has 33 heavy (non-hydrogen) atoms. The molecule has 0 aliphatic carbocycles. The Morgan fingerprint density at radius 3 is 2.52 bits per heavy atom. The average molecular weight is 449 g/mol. The number of amides is 2. The Morgan fingerprint density at radius 1 is 0.970 bits per heavy atom. The second-order valence-electron chi connectivity index (χ2n) is 7.44. The summed E-state index contributed by atoms with van der Waals surface area (Å²) in [6, 6.07) is 18.4. The number of rotatable bonds is 7. The molecule has 2 amide bonds. The van der Waals surface area contributed by atoms with Crippen molar-refractivity contribution in [1.82, 2.24) is 10.3 Å². The van der Waals surface area contributed by atoms with E-state index in [1.807, 2.05) is 42.5 Å². The summed E-state index contributed by atoms with van der Waals surface area (Å²) in [6.07, 6.45) is 1.08. The standard InChI is InChI=1S/C25H21F2N3O3/c26-18-10-11-22(20(27)13-18)29-24(31)23(12-17-14-28-21-9-5-4-8-19(17)21)30-25(32)33-15-16-6-2-1-3-7-16/h1-11,13-14,23,28H,12,15H2,(H,29,31)(H,30,32)/t23-/m0/s1. The molecule has 4 aromatic rings. The number of carbonyl (C=O) groups is 2. The summed E-state index contributed by atoms with van der Waals surface area (Å²) in [7, 11) is 0. The van der Waals surface area contributed by atoms with Crippen LogP contribution in [0.15, 0.2) is 79.0 Å². The molecule has 0 spiro atoms. The normalized spacial score (nSPS) is 11.7. The predicted molar refractivity (Wildman–Crippen MR) is 121 cm³/mol. The predicted octanol–water partition coefficient (Wildman–Crippen LogP) is 4.92. The molecule has 0 saturated heterocycles. The van der Waals surface area contributed by atoms with Crippen molar-refractivity contribution in [3.05, 3.63) is 102 Å². The van der Waals surface area contributed by atoms with Gasteiger partial charge < -0.3 is 20.4 Å². The second-order valence-corrected chi connectivity index (χ2v) is 7.44. The van der Waals surface area contributed by atoms with E-state index in [0.717, 1.165) is 34.2 Å². The number of anilines is 1. The molecule has 0 bridgehead atoms. The van der Waals surface area contributed by atoms with Crippen molar-refractivity contribution < 1.29 is 23.1 Å². The van der Waals surface area contributed by atoms with E-state index in [2.05, 4.69) is 15.6 Å². The highest BCUT2D eigenvalue weighted by molar-refractivity contribution is 5.97. The fourth-order valence-electron chi connectivity index (χ4n) is 3.45.